The van der Waals surface area contributed by atoms with Crippen molar-refractivity contribution >= 4 is 16.5 Å². The van der Waals surface area contributed by atoms with Crippen LogP contribution >= 0.6 is 11.3 Å². The highest BCUT2D eigenvalue weighted by Gasteiger charge is 2.25. The summed E-state index contributed by atoms with van der Waals surface area (Å²) in [6, 6.07) is 0. The van der Waals surface area contributed by atoms with Crippen LogP contribution in [-0.4, -0.2) is 16.2 Å². The molecule has 2 rings (SSSR count). The molecule has 0 aliphatic heterocycles. The summed E-state index contributed by atoms with van der Waals surface area (Å²) < 4.78 is 0. The fourth-order valence-corrected chi connectivity index (χ4v) is 2.79. The Kier molecular flexibility index (Phi) is 2.51. The van der Waals surface area contributed by atoms with Gasteiger partial charge in [-0.1, -0.05) is 12.8 Å². The van der Waals surface area contributed by atoms with E-state index >= 15 is 0 Å². The molecule has 0 bridgehead atoms. The predicted octanol–water partition coefficient (Wildman–Crippen LogP) is 1.74. The lowest BCUT2D eigenvalue weighted by molar-refractivity contribution is 0.107. The number of aliphatic hydroxyl groups is 1. The molecule has 1 saturated carbocycles. The molecular formula is C9H14N2OS. The standard InChI is InChI=1S/C9H14N2OS/c10-9-11-5-8(13-9)6-3-1-2-4-7(6)12/h5-7,12H,1-4H2,(H2,10,11)/t6-,7-/m1/s1. The fraction of sp³-hybridized carbons (Fsp3) is 0.667. The number of nitrogens with zero attached hydrogens (tertiary/aromatic N) is 1. The van der Waals surface area contributed by atoms with Gasteiger partial charge < -0.3 is 10.8 Å². The third-order valence-corrected chi connectivity index (χ3v) is 3.59. The van der Waals surface area contributed by atoms with Gasteiger partial charge in [0.15, 0.2) is 5.13 Å². The van der Waals surface area contributed by atoms with Gasteiger partial charge in [-0.05, 0) is 12.8 Å². The summed E-state index contributed by atoms with van der Waals surface area (Å²) in [5, 5.41) is 10.4. The average molecular weight is 198 g/mol. The summed E-state index contributed by atoms with van der Waals surface area (Å²) in [5.41, 5.74) is 5.56. The Morgan fingerprint density at radius 1 is 1.46 bits per heavy atom. The van der Waals surface area contributed by atoms with Crippen LogP contribution in [0.3, 0.4) is 0 Å². The van der Waals surface area contributed by atoms with Crippen molar-refractivity contribution in [1.29, 1.82) is 0 Å². The first kappa shape index (κ1) is 8.97. The third kappa shape index (κ3) is 1.84. The van der Waals surface area contributed by atoms with Crippen molar-refractivity contribution in [1.82, 2.24) is 4.98 Å². The van der Waals surface area contributed by atoms with Gasteiger partial charge in [0.05, 0.1) is 6.10 Å². The number of thiazole rings is 1. The van der Waals surface area contributed by atoms with E-state index < -0.39 is 0 Å². The molecule has 0 saturated heterocycles. The SMILES string of the molecule is Nc1ncc([C@@H]2CCCC[C@H]2O)s1. The number of hydrogen-bond acceptors (Lipinski definition) is 4. The number of rotatable bonds is 1. The van der Waals surface area contributed by atoms with Crippen LogP contribution in [-0.2, 0) is 0 Å². The molecule has 0 aromatic carbocycles. The third-order valence-electron chi connectivity index (χ3n) is 2.64. The Morgan fingerprint density at radius 3 is 2.85 bits per heavy atom. The van der Waals surface area contributed by atoms with E-state index in [2.05, 4.69) is 4.98 Å². The number of anilines is 1. The molecule has 0 amide bonds. The first-order valence-electron chi connectivity index (χ1n) is 4.66. The van der Waals surface area contributed by atoms with E-state index in [4.69, 9.17) is 5.73 Å². The Labute approximate surface area is 81.6 Å². The van der Waals surface area contributed by atoms with Gasteiger partial charge in [0.2, 0.25) is 0 Å². The van der Waals surface area contributed by atoms with Crippen LogP contribution in [0.15, 0.2) is 6.20 Å². The van der Waals surface area contributed by atoms with Gasteiger partial charge in [0.25, 0.3) is 0 Å². The lowest BCUT2D eigenvalue weighted by Crippen LogP contribution is -2.21. The van der Waals surface area contributed by atoms with Crippen molar-refractivity contribution in [3.05, 3.63) is 11.1 Å². The minimum atomic E-state index is -0.186. The molecule has 3 N–H and O–H groups in total. The van der Waals surface area contributed by atoms with E-state index in [1.165, 1.54) is 17.8 Å². The van der Waals surface area contributed by atoms with E-state index in [9.17, 15) is 5.11 Å². The maximum atomic E-state index is 9.77. The molecule has 0 spiro atoms. The molecule has 4 heteroatoms. The molecule has 72 valence electrons. The highest BCUT2D eigenvalue weighted by molar-refractivity contribution is 7.15. The number of nitrogen functional groups attached to an aromatic ring is 1. The quantitative estimate of drug-likeness (QED) is 0.722. The largest absolute Gasteiger partial charge is 0.392 e. The molecule has 0 radical (unpaired) electrons. The minimum absolute atomic E-state index is 0.186. The van der Waals surface area contributed by atoms with Crippen LogP contribution < -0.4 is 5.73 Å². The van der Waals surface area contributed by atoms with E-state index in [1.807, 2.05) is 0 Å². The molecule has 1 aromatic rings. The molecule has 1 heterocycles. The Balaban J connectivity index is 2.14. The van der Waals surface area contributed by atoms with E-state index in [-0.39, 0.29) is 12.0 Å². The van der Waals surface area contributed by atoms with Crippen LogP contribution in [0, 0.1) is 0 Å². The van der Waals surface area contributed by atoms with Crippen LogP contribution in [0.2, 0.25) is 0 Å². The Morgan fingerprint density at radius 2 is 2.23 bits per heavy atom. The summed E-state index contributed by atoms with van der Waals surface area (Å²) >= 11 is 1.50. The highest BCUT2D eigenvalue weighted by atomic mass is 32.1. The summed E-state index contributed by atoms with van der Waals surface area (Å²) in [6.07, 6.45) is 5.96. The number of aliphatic hydroxyl groups excluding tert-OH is 1. The molecule has 3 nitrogen and oxygen atoms in total. The van der Waals surface area contributed by atoms with Crippen LogP contribution in [0.4, 0.5) is 5.13 Å². The normalized spacial score (nSPS) is 29.0. The van der Waals surface area contributed by atoms with E-state index in [1.54, 1.807) is 6.20 Å². The highest BCUT2D eigenvalue weighted by Crippen LogP contribution is 2.36. The average Bonchev–Trinajstić information content (AvgIpc) is 2.53. The van der Waals surface area contributed by atoms with Gasteiger partial charge in [0.1, 0.15) is 0 Å². The summed E-state index contributed by atoms with van der Waals surface area (Å²) in [7, 11) is 0. The molecule has 1 aliphatic rings. The molecule has 2 atom stereocenters. The Hall–Kier alpha value is -0.610. The van der Waals surface area contributed by atoms with Gasteiger partial charge in [-0.15, -0.1) is 11.3 Å². The van der Waals surface area contributed by atoms with Gasteiger partial charge in [-0.2, -0.15) is 0 Å². The second-order valence-electron chi connectivity index (χ2n) is 3.56. The van der Waals surface area contributed by atoms with Crippen molar-refractivity contribution in [3.63, 3.8) is 0 Å². The van der Waals surface area contributed by atoms with Gasteiger partial charge in [0, 0.05) is 17.0 Å². The lowest BCUT2D eigenvalue weighted by atomic mass is 9.86. The number of hydrogen-bond donors (Lipinski definition) is 2. The summed E-state index contributed by atoms with van der Waals surface area (Å²) in [6.45, 7) is 0. The maximum absolute atomic E-state index is 9.77. The first-order chi connectivity index (χ1) is 6.27. The van der Waals surface area contributed by atoms with Crippen molar-refractivity contribution in [3.8, 4) is 0 Å². The smallest absolute Gasteiger partial charge is 0.180 e. The van der Waals surface area contributed by atoms with E-state index in [0.717, 1.165) is 24.1 Å². The van der Waals surface area contributed by atoms with E-state index in [0.29, 0.717) is 5.13 Å². The summed E-state index contributed by atoms with van der Waals surface area (Å²) in [4.78, 5) is 5.15. The van der Waals surface area contributed by atoms with Gasteiger partial charge in [-0.3, -0.25) is 0 Å². The predicted molar refractivity (Wildman–Crippen MR) is 53.7 cm³/mol. The first-order valence-corrected chi connectivity index (χ1v) is 5.48. The number of nitrogens with two attached hydrogens (primary N) is 1. The van der Waals surface area contributed by atoms with Crippen LogP contribution in [0.5, 0.6) is 0 Å². The second-order valence-corrected chi connectivity index (χ2v) is 4.65. The van der Waals surface area contributed by atoms with Crippen molar-refractivity contribution < 1.29 is 5.11 Å². The molecule has 0 unspecified atom stereocenters. The monoisotopic (exact) mass is 198 g/mol. The second kappa shape index (κ2) is 3.64. The summed E-state index contributed by atoms with van der Waals surface area (Å²) in [5.74, 6) is 0.281. The Bertz CT molecular complexity index is 287. The van der Waals surface area contributed by atoms with Crippen LogP contribution in [0.1, 0.15) is 36.5 Å². The topological polar surface area (TPSA) is 59.1 Å². The lowest BCUT2D eigenvalue weighted by Gasteiger charge is -2.26. The molecular weight excluding hydrogens is 184 g/mol. The molecule has 1 aromatic heterocycles. The van der Waals surface area contributed by atoms with Crippen molar-refractivity contribution in [2.45, 2.75) is 37.7 Å². The zero-order chi connectivity index (χ0) is 9.26. The number of aromatic nitrogens is 1. The fourth-order valence-electron chi connectivity index (χ4n) is 1.92. The van der Waals surface area contributed by atoms with Gasteiger partial charge >= 0.3 is 0 Å². The molecule has 13 heavy (non-hydrogen) atoms. The zero-order valence-corrected chi connectivity index (χ0v) is 8.26. The molecule has 1 aliphatic carbocycles. The van der Waals surface area contributed by atoms with Crippen LogP contribution in [0.25, 0.3) is 0 Å². The minimum Gasteiger partial charge on any atom is -0.392 e. The van der Waals surface area contributed by atoms with Crippen molar-refractivity contribution in [2.75, 3.05) is 5.73 Å². The zero-order valence-electron chi connectivity index (χ0n) is 7.44. The van der Waals surface area contributed by atoms with Crippen molar-refractivity contribution in [2.24, 2.45) is 0 Å². The molecule has 1 fully saturated rings. The maximum Gasteiger partial charge on any atom is 0.180 e. The van der Waals surface area contributed by atoms with Gasteiger partial charge in [-0.25, -0.2) is 4.98 Å².